The lowest BCUT2D eigenvalue weighted by Gasteiger charge is -2.05. The number of hydrazine groups is 1. The van der Waals surface area contributed by atoms with Gasteiger partial charge >= 0.3 is 5.97 Å². The molecule has 1 aromatic rings. The highest BCUT2D eigenvalue weighted by atomic mass is 79.9. The summed E-state index contributed by atoms with van der Waals surface area (Å²) in [4.78, 5) is 23.0. The van der Waals surface area contributed by atoms with Crippen molar-refractivity contribution in [2.24, 2.45) is 0 Å². The Balaban J connectivity index is 2.58. The topological polar surface area (TPSA) is 91.2 Å². The van der Waals surface area contributed by atoms with Crippen LogP contribution in [0.3, 0.4) is 0 Å². The zero-order valence-electron chi connectivity index (χ0n) is 10.6. The van der Waals surface area contributed by atoms with Crippen molar-refractivity contribution in [2.45, 2.75) is 6.92 Å². The number of carbonyl (C=O) groups is 2. The van der Waals surface area contributed by atoms with Crippen LogP contribution in [0.15, 0.2) is 40.5 Å². The predicted octanol–water partition coefficient (Wildman–Crippen LogP) is 1.65. The maximum atomic E-state index is 11.7. The van der Waals surface area contributed by atoms with Gasteiger partial charge in [0.25, 0.3) is 5.91 Å². The first-order chi connectivity index (χ1) is 9.58. The van der Waals surface area contributed by atoms with Gasteiger partial charge in [-0.1, -0.05) is 15.9 Å². The first-order valence-corrected chi connectivity index (χ1v) is 6.46. The summed E-state index contributed by atoms with van der Waals surface area (Å²) >= 11 is 3.26. The zero-order valence-corrected chi connectivity index (χ0v) is 12.2. The monoisotopic (exact) mass is 337 g/mol. The Kier molecular flexibility index (Phi) is 6.26. The quantitative estimate of drug-likeness (QED) is 0.369. The molecule has 0 saturated heterocycles. The number of nitrogens with one attached hydrogen (secondary N) is 2. The summed E-state index contributed by atoms with van der Waals surface area (Å²) in [6.07, 6.45) is 1.08. The first-order valence-electron chi connectivity index (χ1n) is 5.67. The van der Waals surface area contributed by atoms with Crippen molar-refractivity contribution in [3.63, 3.8) is 0 Å². The molecule has 1 rings (SSSR count). The highest BCUT2D eigenvalue weighted by Gasteiger charge is 2.09. The normalized spacial score (nSPS) is 10.3. The van der Waals surface area contributed by atoms with Gasteiger partial charge in [0.2, 0.25) is 0 Å². The zero-order chi connectivity index (χ0) is 15.0. The molecule has 7 heteroatoms. The van der Waals surface area contributed by atoms with E-state index in [0.29, 0.717) is 5.56 Å². The summed E-state index contributed by atoms with van der Waals surface area (Å²) in [5.41, 5.74) is 4.93. The van der Waals surface area contributed by atoms with Gasteiger partial charge in [-0.3, -0.25) is 10.2 Å². The molecule has 0 aliphatic carbocycles. The van der Waals surface area contributed by atoms with Gasteiger partial charge < -0.3 is 10.2 Å². The average Bonchev–Trinajstić information content (AvgIpc) is 2.44. The molecule has 0 aliphatic heterocycles. The SMILES string of the molecule is CCOC(=O)C(C#N)=CNNC(=O)c1ccc(Br)cc1. The van der Waals surface area contributed by atoms with Crippen LogP contribution in [-0.4, -0.2) is 18.5 Å². The van der Waals surface area contributed by atoms with Crippen molar-refractivity contribution in [1.82, 2.24) is 10.9 Å². The largest absolute Gasteiger partial charge is 0.462 e. The summed E-state index contributed by atoms with van der Waals surface area (Å²) in [6, 6.07) is 8.38. The van der Waals surface area contributed by atoms with Crippen molar-refractivity contribution in [3.8, 4) is 6.07 Å². The van der Waals surface area contributed by atoms with Crippen molar-refractivity contribution < 1.29 is 14.3 Å². The maximum absolute atomic E-state index is 11.7. The van der Waals surface area contributed by atoms with E-state index in [9.17, 15) is 9.59 Å². The van der Waals surface area contributed by atoms with E-state index in [0.717, 1.165) is 10.7 Å². The number of hydrogen-bond acceptors (Lipinski definition) is 5. The molecule has 6 nitrogen and oxygen atoms in total. The van der Waals surface area contributed by atoms with E-state index in [4.69, 9.17) is 5.26 Å². The molecule has 0 saturated carbocycles. The van der Waals surface area contributed by atoms with E-state index in [1.165, 1.54) is 0 Å². The van der Waals surface area contributed by atoms with Crippen LogP contribution in [-0.2, 0) is 9.53 Å². The molecule has 20 heavy (non-hydrogen) atoms. The lowest BCUT2D eigenvalue weighted by atomic mass is 10.2. The number of ether oxygens (including phenoxy) is 1. The number of nitrogens with zero attached hydrogens (tertiary/aromatic N) is 1. The lowest BCUT2D eigenvalue weighted by molar-refractivity contribution is -0.138. The number of amides is 1. The number of hydrogen-bond donors (Lipinski definition) is 2. The van der Waals surface area contributed by atoms with Crippen molar-refractivity contribution >= 4 is 27.8 Å². The van der Waals surface area contributed by atoms with Crippen molar-refractivity contribution in [2.75, 3.05) is 6.61 Å². The van der Waals surface area contributed by atoms with Crippen molar-refractivity contribution in [3.05, 3.63) is 46.1 Å². The van der Waals surface area contributed by atoms with Gasteiger partial charge in [0.15, 0.2) is 5.57 Å². The molecule has 0 atom stereocenters. The number of rotatable bonds is 5. The highest BCUT2D eigenvalue weighted by Crippen LogP contribution is 2.10. The smallest absolute Gasteiger partial charge is 0.350 e. The molecule has 1 aromatic carbocycles. The molecule has 0 radical (unpaired) electrons. The summed E-state index contributed by atoms with van der Waals surface area (Å²) in [5.74, 6) is -1.14. The molecular formula is C13H12BrN3O3. The van der Waals surface area contributed by atoms with Gasteiger partial charge in [-0.05, 0) is 31.2 Å². The molecule has 0 heterocycles. The van der Waals surface area contributed by atoms with E-state index < -0.39 is 11.9 Å². The Hall–Kier alpha value is -2.33. The Labute approximate surface area is 124 Å². The number of nitriles is 1. The lowest BCUT2D eigenvalue weighted by Crippen LogP contribution is -2.34. The summed E-state index contributed by atoms with van der Waals surface area (Å²) in [7, 11) is 0. The molecule has 104 valence electrons. The highest BCUT2D eigenvalue weighted by molar-refractivity contribution is 9.10. The third-order valence-electron chi connectivity index (χ3n) is 2.12. The number of carbonyl (C=O) groups excluding carboxylic acids is 2. The van der Waals surface area contributed by atoms with E-state index in [-0.39, 0.29) is 12.2 Å². The fourth-order valence-electron chi connectivity index (χ4n) is 1.19. The summed E-state index contributed by atoms with van der Waals surface area (Å²) in [6.45, 7) is 1.80. The Morgan fingerprint density at radius 3 is 2.60 bits per heavy atom. The van der Waals surface area contributed by atoms with Gasteiger partial charge in [0, 0.05) is 16.2 Å². The minimum atomic E-state index is -0.750. The van der Waals surface area contributed by atoms with Crippen LogP contribution < -0.4 is 10.9 Å². The molecule has 0 aliphatic rings. The Morgan fingerprint density at radius 1 is 1.40 bits per heavy atom. The second-order valence-corrected chi connectivity index (χ2v) is 4.41. The molecular weight excluding hydrogens is 326 g/mol. The summed E-state index contributed by atoms with van der Waals surface area (Å²) in [5, 5.41) is 8.76. The van der Waals surface area contributed by atoms with Gasteiger partial charge in [-0.25, -0.2) is 4.79 Å². The van der Waals surface area contributed by atoms with Gasteiger partial charge in [0.05, 0.1) is 6.61 Å². The first kappa shape index (κ1) is 15.7. The number of halogens is 1. The molecule has 0 unspecified atom stereocenters. The van der Waals surface area contributed by atoms with Gasteiger partial charge in [0.1, 0.15) is 6.07 Å². The molecule has 0 fully saturated rings. The van der Waals surface area contributed by atoms with Crippen molar-refractivity contribution in [1.29, 1.82) is 5.26 Å². The Bertz CT molecular complexity index is 561. The Morgan fingerprint density at radius 2 is 2.05 bits per heavy atom. The van der Waals surface area contributed by atoms with Crippen LogP contribution in [0.2, 0.25) is 0 Å². The van der Waals surface area contributed by atoms with Crippen LogP contribution in [0.4, 0.5) is 0 Å². The number of esters is 1. The number of benzene rings is 1. The maximum Gasteiger partial charge on any atom is 0.350 e. The molecule has 2 N–H and O–H groups in total. The predicted molar refractivity (Wildman–Crippen MR) is 75.1 cm³/mol. The summed E-state index contributed by atoms with van der Waals surface area (Å²) < 4.78 is 5.52. The van der Waals surface area contributed by atoms with Gasteiger partial charge in [-0.15, -0.1) is 0 Å². The second-order valence-electron chi connectivity index (χ2n) is 3.50. The molecule has 1 amide bonds. The fourth-order valence-corrected chi connectivity index (χ4v) is 1.46. The molecule has 0 aromatic heterocycles. The standard InChI is InChI=1S/C13H12BrN3O3/c1-2-20-13(19)10(7-15)8-16-17-12(18)9-3-5-11(14)6-4-9/h3-6,8,16H,2H2,1H3,(H,17,18). The second kappa shape index (κ2) is 7.96. The van der Waals surface area contributed by atoms with E-state index >= 15 is 0 Å². The third kappa shape index (κ3) is 4.74. The van der Waals surface area contributed by atoms with Crippen LogP contribution in [0, 0.1) is 11.3 Å². The van der Waals surface area contributed by atoms with E-state index in [1.54, 1.807) is 37.3 Å². The molecule has 0 spiro atoms. The fraction of sp³-hybridized carbons (Fsp3) is 0.154. The average molecular weight is 338 g/mol. The van der Waals surface area contributed by atoms with Crippen LogP contribution >= 0.6 is 15.9 Å². The molecule has 0 bridgehead atoms. The van der Waals surface area contributed by atoms with E-state index in [1.807, 2.05) is 0 Å². The van der Waals surface area contributed by atoms with Gasteiger partial charge in [-0.2, -0.15) is 5.26 Å². The van der Waals surface area contributed by atoms with E-state index in [2.05, 4.69) is 31.5 Å². The minimum Gasteiger partial charge on any atom is -0.462 e. The minimum absolute atomic E-state index is 0.170. The van der Waals surface area contributed by atoms with Crippen LogP contribution in [0.1, 0.15) is 17.3 Å². The van der Waals surface area contributed by atoms with Crippen LogP contribution in [0.5, 0.6) is 0 Å². The van der Waals surface area contributed by atoms with Crippen LogP contribution in [0.25, 0.3) is 0 Å². The third-order valence-corrected chi connectivity index (χ3v) is 2.65.